The Bertz CT molecular complexity index is 344. The molecule has 1 nitrogen and oxygen atoms in total. The summed E-state index contributed by atoms with van der Waals surface area (Å²) in [7, 11) is 0. The van der Waals surface area contributed by atoms with Gasteiger partial charge in [-0.1, -0.05) is 30.7 Å². The first-order valence-corrected chi connectivity index (χ1v) is 6.11. The van der Waals surface area contributed by atoms with Crippen molar-refractivity contribution in [2.24, 2.45) is 0 Å². The van der Waals surface area contributed by atoms with Gasteiger partial charge in [0.1, 0.15) is 0 Å². The van der Waals surface area contributed by atoms with Crippen LogP contribution in [0.3, 0.4) is 0 Å². The zero-order valence-electron chi connectivity index (χ0n) is 9.08. The largest absolute Gasteiger partial charge is 0.385 e. The summed E-state index contributed by atoms with van der Waals surface area (Å²) in [5, 5.41) is 10.2. The predicted molar refractivity (Wildman–Crippen MR) is 60.8 cm³/mol. The third-order valence-electron chi connectivity index (χ3n) is 4.21. The number of aliphatic hydroxyl groups is 1. The summed E-state index contributed by atoms with van der Waals surface area (Å²) >= 11 is 0. The first kappa shape index (κ1) is 9.41. The number of rotatable bonds is 2. The third kappa shape index (κ3) is 1.50. The minimum absolute atomic E-state index is 0.488. The van der Waals surface area contributed by atoms with Crippen LogP contribution in [-0.2, 0) is 5.60 Å². The fourth-order valence-electron chi connectivity index (χ4n) is 2.61. The average Bonchev–Trinajstić information content (AvgIpc) is 2.13. The summed E-state index contributed by atoms with van der Waals surface area (Å²) < 4.78 is 0. The van der Waals surface area contributed by atoms with E-state index in [0.29, 0.717) is 0 Å². The van der Waals surface area contributed by atoms with Gasteiger partial charge in [0.05, 0.1) is 5.60 Å². The van der Waals surface area contributed by atoms with Crippen LogP contribution in [-0.4, -0.2) is 5.11 Å². The lowest BCUT2D eigenvalue weighted by atomic mass is 9.74. The van der Waals surface area contributed by atoms with Gasteiger partial charge in [0, 0.05) is 0 Å². The summed E-state index contributed by atoms with van der Waals surface area (Å²) in [6.45, 7) is 0. The quantitative estimate of drug-likeness (QED) is 0.780. The molecular weight excluding hydrogens is 184 g/mol. The van der Waals surface area contributed by atoms with Gasteiger partial charge < -0.3 is 5.11 Å². The molecule has 2 saturated carbocycles. The van der Waals surface area contributed by atoms with Crippen molar-refractivity contribution in [2.75, 3.05) is 0 Å². The summed E-state index contributed by atoms with van der Waals surface area (Å²) in [6, 6.07) is 8.70. The molecule has 0 saturated heterocycles. The maximum Gasteiger partial charge on any atom is 0.0896 e. The van der Waals surface area contributed by atoms with Gasteiger partial charge in [-0.15, -0.1) is 0 Å². The third-order valence-corrected chi connectivity index (χ3v) is 4.21. The first-order valence-electron chi connectivity index (χ1n) is 6.11. The van der Waals surface area contributed by atoms with Gasteiger partial charge in [0.25, 0.3) is 0 Å². The standard InChI is InChI=1S/C14H18O/c15-14(9-2-10-14)13-7-5-12(6-8-13)11-3-1-4-11/h5-8,11,15H,1-4,9-10H2. The topological polar surface area (TPSA) is 20.2 Å². The summed E-state index contributed by atoms with van der Waals surface area (Å²) in [5.74, 6) is 0.801. The Morgan fingerprint density at radius 2 is 1.67 bits per heavy atom. The van der Waals surface area contributed by atoms with Crippen LogP contribution in [0.25, 0.3) is 0 Å². The second kappa shape index (κ2) is 3.34. The molecule has 0 unspecified atom stereocenters. The van der Waals surface area contributed by atoms with E-state index in [1.165, 1.54) is 31.2 Å². The zero-order valence-corrected chi connectivity index (χ0v) is 9.08. The van der Waals surface area contributed by atoms with Crippen LogP contribution in [0.2, 0.25) is 0 Å². The van der Waals surface area contributed by atoms with Crippen LogP contribution in [0.4, 0.5) is 0 Å². The van der Waals surface area contributed by atoms with Gasteiger partial charge in [-0.05, 0) is 49.1 Å². The predicted octanol–water partition coefficient (Wildman–Crippen LogP) is 3.33. The molecule has 0 heterocycles. The highest BCUT2D eigenvalue weighted by atomic mass is 16.3. The monoisotopic (exact) mass is 202 g/mol. The molecule has 0 atom stereocenters. The van der Waals surface area contributed by atoms with Crippen molar-refractivity contribution in [2.45, 2.75) is 50.0 Å². The molecule has 2 aliphatic carbocycles. The van der Waals surface area contributed by atoms with Crippen molar-refractivity contribution in [3.8, 4) is 0 Å². The summed E-state index contributed by atoms with van der Waals surface area (Å²) in [6.07, 6.45) is 7.13. The Balaban J connectivity index is 1.80. The van der Waals surface area contributed by atoms with Crippen LogP contribution in [0.15, 0.2) is 24.3 Å². The van der Waals surface area contributed by atoms with E-state index in [1.54, 1.807) is 0 Å². The maximum absolute atomic E-state index is 10.2. The maximum atomic E-state index is 10.2. The molecule has 1 aromatic carbocycles. The molecule has 0 radical (unpaired) electrons. The fraction of sp³-hybridized carbons (Fsp3) is 0.571. The molecular formula is C14H18O. The van der Waals surface area contributed by atoms with Crippen molar-refractivity contribution in [3.63, 3.8) is 0 Å². The molecule has 0 bridgehead atoms. The molecule has 1 heteroatoms. The van der Waals surface area contributed by atoms with E-state index in [-0.39, 0.29) is 0 Å². The Labute approximate surface area is 91.1 Å². The highest BCUT2D eigenvalue weighted by Gasteiger charge is 2.36. The molecule has 0 amide bonds. The highest BCUT2D eigenvalue weighted by molar-refractivity contribution is 5.31. The van der Waals surface area contributed by atoms with E-state index in [4.69, 9.17) is 0 Å². The summed E-state index contributed by atoms with van der Waals surface area (Å²) in [5.41, 5.74) is 2.10. The lowest BCUT2D eigenvalue weighted by molar-refractivity contribution is -0.0388. The second-order valence-electron chi connectivity index (χ2n) is 5.13. The van der Waals surface area contributed by atoms with Crippen LogP contribution in [0.5, 0.6) is 0 Å². The van der Waals surface area contributed by atoms with Gasteiger partial charge in [-0.25, -0.2) is 0 Å². The molecule has 0 spiro atoms. The number of benzene rings is 1. The van der Waals surface area contributed by atoms with E-state index in [1.807, 2.05) is 0 Å². The molecule has 1 aromatic rings. The molecule has 1 N–H and O–H groups in total. The molecule has 80 valence electrons. The van der Waals surface area contributed by atoms with Crippen molar-refractivity contribution < 1.29 is 5.11 Å². The second-order valence-corrected chi connectivity index (χ2v) is 5.13. The highest BCUT2D eigenvalue weighted by Crippen LogP contribution is 2.42. The normalized spacial score (nSPS) is 24.3. The Kier molecular flexibility index (Phi) is 2.10. The van der Waals surface area contributed by atoms with Crippen molar-refractivity contribution in [1.29, 1.82) is 0 Å². The molecule has 2 fully saturated rings. The van der Waals surface area contributed by atoms with Gasteiger partial charge in [0.15, 0.2) is 0 Å². The van der Waals surface area contributed by atoms with Crippen LogP contribution >= 0.6 is 0 Å². The average molecular weight is 202 g/mol. The van der Waals surface area contributed by atoms with Crippen molar-refractivity contribution in [3.05, 3.63) is 35.4 Å². The first-order chi connectivity index (χ1) is 7.28. The molecule has 0 aromatic heterocycles. The number of hydrogen-bond acceptors (Lipinski definition) is 1. The summed E-state index contributed by atoms with van der Waals surface area (Å²) in [4.78, 5) is 0. The Hall–Kier alpha value is -0.820. The lowest BCUT2D eigenvalue weighted by Gasteiger charge is -2.37. The fourth-order valence-corrected chi connectivity index (χ4v) is 2.61. The van der Waals surface area contributed by atoms with E-state index < -0.39 is 5.60 Å². The lowest BCUT2D eigenvalue weighted by Crippen LogP contribution is -2.33. The molecule has 0 aliphatic heterocycles. The minimum atomic E-state index is -0.488. The minimum Gasteiger partial charge on any atom is -0.385 e. The molecule has 3 rings (SSSR count). The molecule has 2 aliphatic rings. The van der Waals surface area contributed by atoms with Gasteiger partial charge in [-0.3, -0.25) is 0 Å². The number of hydrogen-bond donors (Lipinski definition) is 1. The van der Waals surface area contributed by atoms with Crippen LogP contribution in [0, 0.1) is 0 Å². The van der Waals surface area contributed by atoms with E-state index in [9.17, 15) is 5.11 Å². The Morgan fingerprint density at radius 1 is 1.00 bits per heavy atom. The SMILES string of the molecule is OC1(c2ccc(C3CCC3)cc2)CCC1. The van der Waals surface area contributed by atoms with Crippen molar-refractivity contribution in [1.82, 2.24) is 0 Å². The van der Waals surface area contributed by atoms with Crippen molar-refractivity contribution >= 4 is 0 Å². The van der Waals surface area contributed by atoms with Gasteiger partial charge in [0.2, 0.25) is 0 Å². The van der Waals surface area contributed by atoms with Crippen LogP contribution in [0.1, 0.15) is 55.6 Å². The van der Waals surface area contributed by atoms with E-state index in [0.717, 1.165) is 24.3 Å². The van der Waals surface area contributed by atoms with Crippen LogP contribution < -0.4 is 0 Å². The zero-order chi connectivity index (χ0) is 10.3. The Morgan fingerprint density at radius 3 is 2.07 bits per heavy atom. The van der Waals surface area contributed by atoms with E-state index >= 15 is 0 Å². The van der Waals surface area contributed by atoms with E-state index in [2.05, 4.69) is 24.3 Å². The molecule has 15 heavy (non-hydrogen) atoms. The van der Waals surface area contributed by atoms with Gasteiger partial charge in [-0.2, -0.15) is 0 Å². The smallest absolute Gasteiger partial charge is 0.0896 e. The van der Waals surface area contributed by atoms with Gasteiger partial charge >= 0.3 is 0 Å².